The highest BCUT2D eigenvalue weighted by Crippen LogP contribution is 2.52. The smallest absolute Gasteiger partial charge is 0.336 e. The van der Waals surface area contributed by atoms with Gasteiger partial charge in [-0.05, 0) is 41.4 Å². The molecule has 0 saturated heterocycles. The molecular weight excluding hydrogens is 434 g/mol. The normalized spacial score (nSPS) is 20.6. The van der Waals surface area contributed by atoms with Gasteiger partial charge in [0.1, 0.15) is 5.92 Å². The number of esters is 2. The second-order valence-corrected chi connectivity index (χ2v) is 7.06. The Bertz CT molecular complexity index is 906. The van der Waals surface area contributed by atoms with Gasteiger partial charge in [0, 0.05) is 17.3 Å². The lowest BCUT2D eigenvalue weighted by Crippen LogP contribution is -2.36. The van der Waals surface area contributed by atoms with Crippen molar-refractivity contribution in [2.45, 2.75) is 19.8 Å². The molecule has 1 aromatic carbocycles. The summed E-state index contributed by atoms with van der Waals surface area (Å²) in [6.45, 7) is 3.47. The molecule has 0 radical (unpaired) electrons. The van der Waals surface area contributed by atoms with Crippen molar-refractivity contribution in [1.82, 2.24) is 0 Å². The molecule has 2 aliphatic rings. The third-order valence-corrected chi connectivity index (χ3v) is 5.64. The van der Waals surface area contributed by atoms with E-state index in [1.54, 1.807) is 19.9 Å². The molecule has 2 atom stereocenters. The second kappa shape index (κ2) is 7.83. The van der Waals surface area contributed by atoms with E-state index in [4.69, 9.17) is 23.7 Å². The van der Waals surface area contributed by atoms with Crippen molar-refractivity contribution in [3.63, 3.8) is 0 Å². The Kier molecular flexibility index (Phi) is 5.64. The summed E-state index contributed by atoms with van der Waals surface area (Å²) in [6.07, 6.45) is 0. The van der Waals surface area contributed by atoms with Gasteiger partial charge in [0.2, 0.25) is 12.5 Å². The predicted molar refractivity (Wildman–Crippen MR) is 103 cm³/mol. The van der Waals surface area contributed by atoms with Crippen molar-refractivity contribution >= 4 is 33.6 Å². The van der Waals surface area contributed by atoms with E-state index in [9.17, 15) is 9.59 Å². The van der Waals surface area contributed by atoms with E-state index < -0.39 is 23.8 Å². The quantitative estimate of drug-likeness (QED) is 0.646. The number of hydrogen-bond acceptors (Lipinski definition) is 8. The molecule has 0 spiro atoms. The van der Waals surface area contributed by atoms with Gasteiger partial charge in [0.25, 0.3) is 0 Å². The van der Waals surface area contributed by atoms with Crippen LogP contribution >= 0.6 is 15.9 Å². The molecule has 0 aliphatic carbocycles. The van der Waals surface area contributed by atoms with Gasteiger partial charge in [0.15, 0.2) is 11.5 Å². The first-order chi connectivity index (χ1) is 13.3. The zero-order chi connectivity index (χ0) is 20.6. The molecule has 8 nitrogen and oxygen atoms in total. The lowest BCUT2D eigenvalue weighted by molar-refractivity contribution is -0.143. The van der Waals surface area contributed by atoms with Crippen LogP contribution in [0.1, 0.15) is 25.3 Å². The highest BCUT2D eigenvalue weighted by molar-refractivity contribution is 9.10. The summed E-state index contributed by atoms with van der Waals surface area (Å²) in [5.41, 5.74) is 1.87. The number of halogens is 1. The number of carbonyl (C=O) groups excluding carboxylic acids is 2. The molecule has 3 rings (SSSR count). The van der Waals surface area contributed by atoms with Crippen LogP contribution in [-0.4, -0.2) is 45.8 Å². The van der Waals surface area contributed by atoms with Crippen LogP contribution in [0, 0.1) is 5.92 Å². The maximum absolute atomic E-state index is 12.6. The van der Waals surface area contributed by atoms with Crippen LogP contribution in [0.15, 0.2) is 26.8 Å². The van der Waals surface area contributed by atoms with E-state index in [1.165, 1.54) is 21.3 Å². The highest BCUT2D eigenvalue weighted by Gasteiger charge is 2.44. The van der Waals surface area contributed by atoms with Crippen LogP contribution in [0.5, 0.6) is 17.2 Å². The van der Waals surface area contributed by atoms with Crippen LogP contribution < -0.4 is 14.2 Å². The number of fused-ring (bicyclic) bond motifs is 1. The Labute approximate surface area is 170 Å². The van der Waals surface area contributed by atoms with Gasteiger partial charge >= 0.3 is 11.9 Å². The number of allylic oxidation sites excluding steroid dienone is 1. The van der Waals surface area contributed by atoms with Crippen molar-refractivity contribution in [2.24, 2.45) is 10.9 Å². The van der Waals surface area contributed by atoms with E-state index in [2.05, 4.69) is 20.9 Å². The summed E-state index contributed by atoms with van der Waals surface area (Å²) in [4.78, 5) is 29.7. The Hall–Kier alpha value is -2.55. The summed E-state index contributed by atoms with van der Waals surface area (Å²) < 4.78 is 27.0. The number of rotatable bonds is 4. The monoisotopic (exact) mass is 453 g/mol. The number of hydrogen-bond donors (Lipinski definition) is 0. The van der Waals surface area contributed by atoms with Crippen LogP contribution in [0.2, 0.25) is 0 Å². The first-order valence-electron chi connectivity index (χ1n) is 8.43. The zero-order valence-corrected chi connectivity index (χ0v) is 17.7. The van der Waals surface area contributed by atoms with Gasteiger partial charge in [-0.1, -0.05) is 0 Å². The van der Waals surface area contributed by atoms with Gasteiger partial charge in [-0.15, -0.1) is 0 Å². The Morgan fingerprint density at radius 1 is 1.14 bits per heavy atom. The molecule has 150 valence electrons. The fourth-order valence-corrected chi connectivity index (χ4v) is 4.24. The lowest BCUT2D eigenvalue weighted by Gasteiger charge is -2.32. The minimum absolute atomic E-state index is 0.0397. The zero-order valence-electron chi connectivity index (χ0n) is 16.1. The largest absolute Gasteiger partial charge is 0.493 e. The van der Waals surface area contributed by atoms with Gasteiger partial charge in [-0.3, -0.25) is 9.79 Å². The minimum atomic E-state index is -0.816. The Balaban J connectivity index is 2.30. The van der Waals surface area contributed by atoms with E-state index in [1.807, 2.05) is 0 Å². The van der Waals surface area contributed by atoms with Gasteiger partial charge in [0.05, 0.1) is 31.4 Å². The Morgan fingerprint density at radius 3 is 2.43 bits per heavy atom. The summed E-state index contributed by atoms with van der Waals surface area (Å²) >= 11 is 3.54. The van der Waals surface area contributed by atoms with Crippen molar-refractivity contribution in [1.29, 1.82) is 0 Å². The highest BCUT2D eigenvalue weighted by atomic mass is 79.9. The van der Waals surface area contributed by atoms with Crippen LogP contribution in [0.25, 0.3) is 0 Å². The summed E-state index contributed by atoms with van der Waals surface area (Å²) in [5.74, 6) is -1.29. The maximum atomic E-state index is 12.6. The van der Waals surface area contributed by atoms with Gasteiger partial charge < -0.3 is 23.7 Å². The average molecular weight is 454 g/mol. The van der Waals surface area contributed by atoms with Crippen molar-refractivity contribution in [3.8, 4) is 17.2 Å². The molecule has 0 bridgehead atoms. The molecule has 0 fully saturated rings. The van der Waals surface area contributed by atoms with Crippen molar-refractivity contribution < 1.29 is 33.3 Å². The number of ether oxygens (including phenoxy) is 5. The summed E-state index contributed by atoms with van der Waals surface area (Å²) in [6, 6.07) is 1.72. The molecule has 2 heterocycles. The van der Waals surface area contributed by atoms with Gasteiger partial charge in [-0.2, -0.15) is 0 Å². The second-order valence-electron chi connectivity index (χ2n) is 6.27. The number of nitrogens with zero attached hydrogens (tertiary/aromatic N) is 1. The fraction of sp³-hybridized carbons (Fsp3) is 0.421. The number of aliphatic imine (C=N–C) groups is 1. The van der Waals surface area contributed by atoms with E-state index in [0.29, 0.717) is 38.7 Å². The lowest BCUT2D eigenvalue weighted by atomic mass is 9.75. The summed E-state index contributed by atoms with van der Waals surface area (Å²) in [7, 11) is 4.08. The predicted octanol–water partition coefficient (Wildman–Crippen LogP) is 2.98. The average Bonchev–Trinajstić information content (AvgIpc) is 3.17. The maximum Gasteiger partial charge on any atom is 0.336 e. The van der Waals surface area contributed by atoms with E-state index in [0.717, 1.165) is 0 Å². The SMILES string of the molecule is COC(=O)C1=C(C)N=C(C)C(C(=O)OC)C1c1cc(OC)c2c(c1Br)OCO2. The summed E-state index contributed by atoms with van der Waals surface area (Å²) in [5, 5.41) is 0. The van der Waals surface area contributed by atoms with E-state index in [-0.39, 0.29) is 12.4 Å². The van der Waals surface area contributed by atoms with Crippen LogP contribution in [-0.2, 0) is 19.1 Å². The first kappa shape index (κ1) is 20.2. The van der Waals surface area contributed by atoms with Crippen LogP contribution in [0.4, 0.5) is 0 Å². The van der Waals surface area contributed by atoms with Gasteiger partial charge in [-0.25, -0.2) is 4.79 Å². The molecule has 2 unspecified atom stereocenters. The molecule has 0 aromatic heterocycles. The van der Waals surface area contributed by atoms with E-state index >= 15 is 0 Å². The minimum Gasteiger partial charge on any atom is -0.493 e. The molecule has 2 aliphatic heterocycles. The molecule has 9 heteroatoms. The molecule has 0 amide bonds. The third-order valence-electron chi connectivity index (χ3n) is 4.82. The Morgan fingerprint density at radius 2 is 1.82 bits per heavy atom. The number of benzene rings is 1. The molecule has 1 aromatic rings. The van der Waals surface area contributed by atoms with Crippen LogP contribution in [0.3, 0.4) is 0 Å². The fourth-order valence-electron chi connectivity index (χ4n) is 3.58. The molecule has 28 heavy (non-hydrogen) atoms. The van der Waals surface area contributed by atoms with Crippen molar-refractivity contribution in [2.75, 3.05) is 28.1 Å². The number of methoxy groups -OCH3 is 3. The molecule has 0 N–H and O–H groups in total. The number of carbonyl (C=O) groups is 2. The molecular formula is C19H20BrNO7. The topological polar surface area (TPSA) is 92.7 Å². The molecule has 0 saturated carbocycles. The third kappa shape index (κ3) is 3.13. The van der Waals surface area contributed by atoms with Crippen molar-refractivity contribution in [3.05, 3.63) is 27.4 Å². The first-order valence-corrected chi connectivity index (χ1v) is 9.23. The standard InChI is InChI=1S/C19H20BrNO7/c1-8-12(18(22)25-4)14(13(9(2)21-8)19(23)26-5)10-6-11(24-3)16-17(15(10)20)28-7-27-16/h6,12,14H,7H2,1-5H3.